The Morgan fingerprint density at radius 1 is 1.30 bits per heavy atom. The van der Waals surface area contributed by atoms with Crippen molar-refractivity contribution in [1.82, 2.24) is 10.2 Å². The third-order valence-electron chi connectivity index (χ3n) is 3.54. The molecular weight excluding hydrogens is 310 g/mol. The molecule has 0 aliphatic carbocycles. The lowest BCUT2D eigenvalue weighted by atomic mass is 9.98. The lowest BCUT2D eigenvalue weighted by Crippen LogP contribution is -2.30. The first-order valence-electron chi connectivity index (χ1n) is 7.81. The van der Waals surface area contributed by atoms with Crippen LogP contribution in [-0.4, -0.2) is 22.2 Å². The minimum Gasteiger partial charge on any atom is -0.481 e. The average Bonchev–Trinajstić information content (AvgIpc) is 2.94. The fraction of sp³-hybridized carbons (Fsp3) is 0.471. The van der Waals surface area contributed by atoms with E-state index in [4.69, 9.17) is 4.74 Å². The van der Waals surface area contributed by atoms with Gasteiger partial charge in [-0.2, -0.15) is 0 Å². The molecule has 1 atom stereocenters. The molecule has 0 aliphatic heterocycles. The number of carbonyl (C=O) groups is 1. The van der Waals surface area contributed by atoms with Gasteiger partial charge in [-0.05, 0) is 49.4 Å². The Morgan fingerprint density at radius 2 is 2.04 bits per heavy atom. The summed E-state index contributed by atoms with van der Waals surface area (Å²) < 4.78 is 5.74. The van der Waals surface area contributed by atoms with E-state index in [1.165, 1.54) is 22.5 Å². The Balaban J connectivity index is 1.99. The van der Waals surface area contributed by atoms with E-state index in [1.54, 1.807) is 6.92 Å². The van der Waals surface area contributed by atoms with Crippen LogP contribution < -0.4 is 10.1 Å². The minimum absolute atomic E-state index is 0.227. The van der Waals surface area contributed by atoms with Crippen LogP contribution in [0.1, 0.15) is 49.7 Å². The van der Waals surface area contributed by atoms with Crippen molar-refractivity contribution in [3.05, 3.63) is 34.3 Å². The molecule has 1 unspecified atom stereocenters. The summed E-state index contributed by atoms with van der Waals surface area (Å²) in [7, 11) is 0. The maximum absolute atomic E-state index is 12.2. The van der Waals surface area contributed by atoms with Gasteiger partial charge in [-0.3, -0.25) is 10.1 Å². The molecule has 1 aromatic heterocycles. The number of carbonyl (C=O) groups excluding carboxylic acids is 1. The first-order valence-corrected chi connectivity index (χ1v) is 8.62. The highest BCUT2D eigenvalue weighted by atomic mass is 32.1. The van der Waals surface area contributed by atoms with Crippen molar-refractivity contribution in [1.29, 1.82) is 0 Å². The van der Waals surface area contributed by atoms with Crippen LogP contribution in [0.25, 0.3) is 0 Å². The highest BCUT2D eigenvalue weighted by Crippen LogP contribution is 2.24. The quantitative estimate of drug-likeness (QED) is 0.869. The lowest BCUT2D eigenvalue weighted by molar-refractivity contribution is -0.122. The summed E-state index contributed by atoms with van der Waals surface area (Å²) in [5.74, 6) is 0.936. The first kappa shape index (κ1) is 17.4. The highest BCUT2D eigenvalue weighted by molar-refractivity contribution is 7.15. The molecule has 1 heterocycles. The minimum atomic E-state index is -0.603. The molecule has 5 nitrogen and oxygen atoms in total. The molecule has 6 heteroatoms. The predicted octanol–water partition coefficient (Wildman–Crippen LogP) is 3.94. The van der Waals surface area contributed by atoms with Crippen molar-refractivity contribution in [2.45, 2.75) is 53.1 Å². The van der Waals surface area contributed by atoms with Crippen molar-refractivity contribution in [3.8, 4) is 5.75 Å². The summed E-state index contributed by atoms with van der Waals surface area (Å²) in [6, 6.07) is 5.93. The average molecular weight is 333 g/mol. The second-order valence-corrected chi connectivity index (χ2v) is 6.84. The Hall–Kier alpha value is -1.95. The number of hydrogen-bond donors (Lipinski definition) is 1. The molecule has 0 radical (unpaired) electrons. The molecule has 1 N–H and O–H groups in total. The van der Waals surface area contributed by atoms with Gasteiger partial charge in [0.05, 0.1) is 0 Å². The van der Waals surface area contributed by atoms with E-state index in [0.717, 1.165) is 11.4 Å². The molecule has 124 valence electrons. The van der Waals surface area contributed by atoms with Crippen LogP contribution >= 0.6 is 11.3 Å². The molecule has 1 amide bonds. The molecule has 1 aromatic carbocycles. The van der Waals surface area contributed by atoms with Crippen LogP contribution in [0.5, 0.6) is 5.75 Å². The molecule has 0 aliphatic rings. The molecule has 0 bridgehead atoms. The van der Waals surface area contributed by atoms with Gasteiger partial charge in [-0.15, -0.1) is 10.2 Å². The van der Waals surface area contributed by atoms with Crippen molar-refractivity contribution < 1.29 is 9.53 Å². The number of ether oxygens (including phenoxy) is 1. The number of nitrogens with one attached hydrogen (secondary N) is 1. The molecule has 0 saturated carbocycles. The fourth-order valence-electron chi connectivity index (χ4n) is 2.28. The van der Waals surface area contributed by atoms with E-state index < -0.39 is 6.10 Å². The van der Waals surface area contributed by atoms with Crippen LogP contribution in [-0.2, 0) is 11.2 Å². The van der Waals surface area contributed by atoms with Crippen LogP contribution in [0.4, 0.5) is 5.13 Å². The molecule has 0 saturated heterocycles. The number of rotatable bonds is 6. The van der Waals surface area contributed by atoms with Gasteiger partial charge in [-0.1, -0.05) is 38.2 Å². The molecule has 23 heavy (non-hydrogen) atoms. The number of anilines is 1. The van der Waals surface area contributed by atoms with Crippen molar-refractivity contribution >= 4 is 22.4 Å². The van der Waals surface area contributed by atoms with Crippen LogP contribution in [0.3, 0.4) is 0 Å². The Morgan fingerprint density at radius 3 is 2.61 bits per heavy atom. The number of hydrogen-bond acceptors (Lipinski definition) is 5. The van der Waals surface area contributed by atoms with Crippen LogP contribution in [0.15, 0.2) is 18.2 Å². The first-order chi connectivity index (χ1) is 10.9. The standard InChI is InChI=1S/C17H23N3O2S/c1-6-15-19-20-17(23-15)18-16(21)12(5)22-13-7-8-14(10(2)3)11(4)9-13/h7-10,12H,6H2,1-5H3,(H,18,20,21). The summed E-state index contributed by atoms with van der Waals surface area (Å²) >= 11 is 1.38. The fourth-order valence-corrected chi connectivity index (χ4v) is 2.96. The number of aryl methyl sites for hydroxylation is 2. The van der Waals surface area contributed by atoms with E-state index in [2.05, 4.69) is 42.4 Å². The SMILES string of the molecule is CCc1nnc(NC(=O)C(C)Oc2ccc(C(C)C)c(C)c2)s1. The monoisotopic (exact) mass is 333 g/mol. The third kappa shape index (κ3) is 4.51. The van der Waals surface area contributed by atoms with Crippen molar-refractivity contribution in [3.63, 3.8) is 0 Å². The van der Waals surface area contributed by atoms with Crippen LogP contribution in [0, 0.1) is 6.92 Å². The second kappa shape index (κ2) is 7.55. The summed E-state index contributed by atoms with van der Waals surface area (Å²) in [5.41, 5.74) is 2.46. The Kier molecular flexibility index (Phi) is 5.71. The zero-order valence-corrected chi connectivity index (χ0v) is 15.0. The van der Waals surface area contributed by atoms with E-state index in [-0.39, 0.29) is 5.91 Å². The van der Waals surface area contributed by atoms with E-state index in [9.17, 15) is 4.79 Å². The smallest absolute Gasteiger partial charge is 0.266 e. The van der Waals surface area contributed by atoms with Gasteiger partial charge >= 0.3 is 0 Å². The lowest BCUT2D eigenvalue weighted by Gasteiger charge is -2.16. The maximum Gasteiger partial charge on any atom is 0.266 e. The van der Waals surface area contributed by atoms with E-state index in [1.807, 2.05) is 19.1 Å². The number of amides is 1. The van der Waals surface area contributed by atoms with Gasteiger partial charge in [0.2, 0.25) is 5.13 Å². The predicted molar refractivity (Wildman–Crippen MR) is 93.3 cm³/mol. The molecular formula is C17H23N3O2S. The topological polar surface area (TPSA) is 64.1 Å². The summed E-state index contributed by atoms with van der Waals surface area (Å²) in [6.07, 6.45) is 0.203. The third-order valence-corrected chi connectivity index (χ3v) is 4.53. The maximum atomic E-state index is 12.2. The number of benzene rings is 1. The number of aromatic nitrogens is 2. The summed E-state index contributed by atoms with van der Waals surface area (Å²) in [6.45, 7) is 10.1. The second-order valence-electron chi connectivity index (χ2n) is 5.78. The normalized spacial score (nSPS) is 12.3. The Labute approximate surface area is 141 Å². The molecule has 2 rings (SSSR count). The van der Waals surface area contributed by atoms with Crippen molar-refractivity contribution in [2.75, 3.05) is 5.32 Å². The van der Waals surface area contributed by atoms with Gasteiger partial charge < -0.3 is 4.74 Å². The van der Waals surface area contributed by atoms with Gasteiger partial charge in [-0.25, -0.2) is 0 Å². The van der Waals surface area contributed by atoms with E-state index in [0.29, 0.717) is 16.8 Å². The van der Waals surface area contributed by atoms with Gasteiger partial charge in [0, 0.05) is 0 Å². The molecule has 0 spiro atoms. The molecule has 2 aromatic rings. The van der Waals surface area contributed by atoms with Gasteiger partial charge in [0.25, 0.3) is 5.91 Å². The zero-order chi connectivity index (χ0) is 17.0. The summed E-state index contributed by atoms with van der Waals surface area (Å²) in [4.78, 5) is 12.2. The highest BCUT2D eigenvalue weighted by Gasteiger charge is 2.17. The van der Waals surface area contributed by atoms with Gasteiger partial charge in [0.1, 0.15) is 10.8 Å². The summed E-state index contributed by atoms with van der Waals surface area (Å²) in [5, 5.41) is 12.1. The van der Waals surface area contributed by atoms with E-state index >= 15 is 0 Å². The zero-order valence-electron chi connectivity index (χ0n) is 14.2. The number of nitrogens with zero attached hydrogens (tertiary/aromatic N) is 2. The van der Waals surface area contributed by atoms with Crippen molar-refractivity contribution in [2.24, 2.45) is 0 Å². The largest absolute Gasteiger partial charge is 0.481 e. The Bertz CT molecular complexity index is 682. The van der Waals surface area contributed by atoms with Crippen LogP contribution in [0.2, 0.25) is 0 Å². The van der Waals surface area contributed by atoms with Gasteiger partial charge in [0.15, 0.2) is 6.10 Å². The molecule has 0 fully saturated rings.